The van der Waals surface area contributed by atoms with Crippen LogP contribution in [0.2, 0.25) is 0 Å². The largest absolute Gasteiger partial charge is 0.480 e. The predicted octanol–water partition coefficient (Wildman–Crippen LogP) is 4.74. The molecule has 32 heavy (non-hydrogen) atoms. The molecule has 1 saturated heterocycles. The van der Waals surface area contributed by atoms with Crippen molar-refractivity contribution < 1.29 is 24.2 Å². The molecule has 8 heteroatoms. The second-order valence-electron chi connectivity index (χ2n) is 8.72. The zero-order valence-electron chi connectivity index (χ0n) is 17.8. The highest BCUT2D eigenvalue weighted by molar-refractivity contribution is 9.10. The van der Waals surface area contributed by atoms with Crippen molar-refractivity contribution >= 4 is 28.0 Å². The molecule has 1 unspecified atom stereocenters. The molecule has 4 rings (SSSR count). The first-order valence-corrected chi connectivity index (χ1v) is 11.6. The van der Waals surface area contributed by atoms with Gasteiger partial charge < -0.3 is 19.5 Å². The number of amides is 1. The Kier molecular flexibility index (Phi) is 6.81. The molecular weight excluding hydrogens is 476 g/mol. The summed E-state index contributed by atoms with van der Waals surface area (Å²) in [5, 5.41) is 9.22. The molecule has 1 aromatic heterocycles. The third-order valence-electron chi connectivity index (χ3n) is 6.73. The molecule has 2 aliphatic rings. The lowest BCUT2D eigenvalue weighted by Crippen LogP contribution is -2.43. The van der Waals surface area contributed by atoms with E-state index in [0.717, 1.165) is 36.8 Å². The Morgan fingerprint density at radius 3 is 2.50 bits per heavy atom. The van der Waals surface area contributed by atoms with Crippen LogP contribution in [0.4, 0.5) is 4.79 Å². The zero-order chi connectivity index (χ0) is 22.6. The van der Waals surface area contributed by atoms with Crippen molar-refractivity contribution in [2.24, 2.45) is 5.41 Å². The first-order valence-electron chi connectivity index (χ1n) is 10.8. The first kappa shape index (κ1) is 22.7. The number of hydrogen-bond acceptors (Lipinski definition) is 5. The second kappa shape index (κ2) is 9.58. The molecule has 2 aromatic rings. The van der Waals surface area contributed by atoms with Crippen molar-refractivity contribution in [3.63, 3.8) is 0 Å². The summed E-state index contributed by atoms with van der Waals surface area (Å²) in [6, 6.07) is 13.5. The number of aliphatic carboxylic acids is 1. The van der Waals surface area contributed by atoms with E-state index in [4.69, 9.17) is 9.47 Å². The minimum absolute atomic E-state index is 0.00396. The van der Waals surface area contributed by atoms with E-state index in [1.54, 1.807) is 11.1 Å². The number of halogens is 1. The van der Waals surface area contributed by atoms with Gasteiger partial charge in [-0.05, 0) is 65.1 Å². The lowest BCUT2D eigenvalue weighted by Gasteiger charge is -2.40. The molecule has 170 valence electrons. The smallest absolute Gasteiger partial charge is 0.410 e. The summed E-state index contributed by atoms with van der Waals surface area (Å²) in [5.74, 6) is -0.985. The van der Waals surface area contributed by atoms with Gasteiger partial charge in [-0.15, -0.1) is 0 Å². The van der Waals surface area contributed by atoms with Crippen LogP contribution in [0.1, 0.15) is 43.2 Å². The standard InChI is InChI=1S/C24H27BrN2O5/c25-21-19(7-4-12-26-21)24(32-16-20(28)29)9-8-23(17-24)10-13-27(14-11-23)22(30)31-15-18-5-2-1-3-6-18/h1-7,12H,8-11,13-17H2,(H,28,29). The van der Waals surface area contributed by atoms with Crippen LogP contribution in [-0.2, 0) is 26.5 Å². The molecular formula is C24H27BrN2O5. The number of carboxylic acid groups (broad SMARTS) is 1. The Hall–Kier alpha value is -2.45. The zero-order valence-corrected chi connectivity index (χ0v) is 19.4. The van der Waals surface area contributed by atoms with Crippen LogP contribution >= 0.6 is 15.9 Å². The van der Waals surface area contributed by atoms with Crippen molar-refractivity contribution in [3.05, 3.63) is 64.4 Å². The summed E-state index contributed by atoms with van der Waals surface area (Å²) in [4.78, 5) is 29.9. The highest BCUT2D eigenvalue weighted by atomic mass is 79.9. The third kappa shape index (κ3) is 4.96. The average molecular weight is 503 g/mol. The fraction of sp³-hybridized carbons (Fsp3) is 0.458. The number of hydrogen-bond donors (Lipinski definition) is 1. The van der Waals surface area contributed by atoms with E-state index < -0.39 is 11.6 Å². The van der Waals surface area contributed by atoms with Gasteiger partial charge in [-0.1, -0.05) is 36.4 Å². The second-order valence-corrected chi connectivity index (χ2v) is 9.47. The van der Waals surface area contributed by atoms with Gasteiger partial charge in [-0.25, -0.2) is 14.6 Å². The summed E-state index contributed by atoms with van der Waals surface area (Å²) < 4.78 is 12.2. The Bertz CT molecular complexity index is 962. The van der Waals surface area contributed by atoms with E-state index in [0.29, 0.717) is 24.1 Å². The van der Waals surface area contributed by atoms with Gasteiger partial charge in [-0.3, -0.25) is 0 Å². The van der Waals surface area contributed by atoms with Crippen LogP contribution in [0.3, 0.4) is 0 Å². The number of rotatable bonds is 6. The summed E-state index contributed by atoms with van der Waals surface area (Å²) in [7, 11) is 0. The molecule has 1 N–H and O–H groups in total. The number of pyridine rings is 1. The van der Waals surface area contributed by atoms with Gasteiger partial charge in [0, 0.05) is 24.8 Å². The van der Waals surface area contributed by atoms with E-state index in [9.17, 15) is 14.7 Å². The van der Waals surface area contributed by atoms with Gasteiger partial charge in [0.25, 0.3) is 0 Å². The fourth-order valence-corrected chi connectivity index (χ4v) is 5.62. The molecule has 2 fully saturated rings. The molecule has 1 spiro atoms. The molecule has 0 bridgehead atoms. The average Bonchev–Trinajstić information content (AvgIpc) is 3.16. The molecule has 1 saturated carbocycles. The fourth-order valence-electron chi connectivity index (χ4n) is 5.01. The summed E-state index contributed by atoms with van der Waals surface area (Å²) in [6.45, 7) is 1.16. The number of piperidine rings is 1. The minimum Gasteiger partial charge on any atom is -0.480 e. The van der Waals surface area contributed by atoms with Crippen molar-refractivity contribution in [2.75, 3.05) is 19.7 Å². The summed E-state index contributed by atoms with van der Waals surface area (Å²) >= 11 is 3.52. The van der Waals surface area contributed by atoms with Gasteiger partial charge >= 0.3 is 12.1 Å². The lowest BCUT2D eigenvalue weighted by molar-refractivity contribution is -0.151. The van der Waals surface area contributed by atoms with Gasteiger partial charge in [0.05, 0.1) is 5.60 Å². The van der Waals surface area contributed by atoms with Gasteiger partial charge in [0.15, 0.2) is 0 Å². The Labute approximate surface area is 195 Å². The lowest BCUT2D eigenvalue weighted by atomic mass is 9.75. The van der Waals surface area contributed by atoms with Crippen LogP contribution in [-0.4, -0.2) is 46.7 Å². The highest BCUT2D eigenvalue weighted by Gasteiger charge is 2.52. The maximum absolute atomic E-state index is 12.5. The van der Waals surface area contributed by atoms with Crippen LogP contribution in [0.25, 0.3) is 0 Å². The Morgan fingerprint density at radius 1 is 1.06 bits per heavy atom. The predicted molar refractivity (Wildman–Crippen MR) is 121 cm³/mol. The van der Waals surface area contributed by atoms with Gasteiger partial charge in [0.2, 0.25) is 0 Å². The van der Waals surface area contributed by atoms with Crippen molar-refractivity contribution in [1.82, 2.24) is 9.88 Å². The topological polar surface area (TPSA) is 89.0 Å². The van der Waals surface area contributed by atoms with Gasteiger partial charge in [-0.2, -0.15) is 0 Å². The van der Waals surface area contributed by atoms with E-state index >= 15 is 0 Å². The molecule has 1 atom stereocenters. The summed E-state index contributed by atoms with van der Waals surface area (Å²) in [5.41, 5.74) is 1.17. The van der Waals surface area contributed by atoms with Crippen molar-refractivity contribution in [1.29, 1.82) is 0 Å². The SMILES string of the molecule is O=C(O)COC1(c2cccnc2Br)CCC2(CCN(C(=O)OCc3ccccc3)CC2)C1. The normalized spacial score (nSPS) is 22.1. The molecule has 1 aliphatic carbocycles. The number of likely N-dealkylation sites (tertiary alicyclic amines) is 1. The van der Waals surface area contributed by atoms with Crippen molar-refractivity contribution in [2.45, 2.75) is 44.3 Å². The monoisotopic (exact) mass is 502 g/mol. The number of ether oxygens (including phenoxy) is 2. The van der Waals surface area contributed by atoms with E-state index in [2.05, 4.69) is 20.9 Å². The number of benzene rings is 1. The molecule has 1 aromatic carbocycles. The molecule has 1 aliphatic heterocycles. The quantitative estimate of drug-likeness (QED) is 0.573. The Morgan fingerprint density at radius 2 is 1.81 bits per heavy atom. The maximum Gasteiger partial charge on any atom is 0.410 e. The third-order valence-corrected chi connectivity index (χ3v) is 7.36. The Balaban J connectivity index is 1.40. The van der Waals surface area contributed by atoms with Crippen molar-refractivity contribution in [3.8, 4) is 0 Å². The molecule has 7 nitrogen and oxygen atoms in total. The van der Waals surface area contributed by atoms with Crippen LogP contribution in [0.5, 0.6) is 0 Å². The number of aromatic nitrogens is 1. The van der Waals surface area contributed by atoms with Gasteiger partial charge in [0.1, 0.15) is 17.8 Å². The number of carbonyl (C=O) groups excluding carboxylic acids is 1. The number of carboxylic acids is 1. The van der Waals surface area contributed by atoms with Crippen LogP contribution in [0.15, 0.2) is 53.3 Å². The first-order chi connectivity index (χ1) is 15.4. The maximum atomic E-state index is 12.5. The number of carbonyl (C=O) groups is 2. The van der Waals surface area contributed by atoms with E-state index in [1.165, 1.54) is 0 Å². The molecule has 2 heterocycles. The highest BCUT2D eigenvalue weighted by Crippen LogP contribution is 2.57. The number of nitrogens with zero attached hydrogens (tertiary/aromatic N) is 2. The van der Waals surface area contributed by atoms with Crippen LogP contribution in [0, 0.1) is 5.41 Å². The van der Waals surface area contributed by atoms with Crippen LogP contribution < -0.4 is 0 Å². The van der Waals surface area contributed by atoms with E-state index in [-0.39, 0.29) is 24.7 Å². The summed E-state index contributed by atoms with van der Waals surface area (Å²) in [6.07, 6.45) is 5.44. The molecule has 1 amide bonds. The minimum atomic E-state index is -0.985. The van der Waals surface area contributed by atoms with E-state index in [1.807, 2.05) is 42.5 Å². The molecule has 0 radical (unpaired) electrons.